The number of carbonyl (C=O) groups excluding carboxylic acids is 1. The van der Waals surface area contributed by atoms with Crippen molar-refractivity contribution in [1.29, 1.82) is 0 Å². The Bertz CT molecular complexity index is 935. The van der Waals surface area contributed by atoms with Gasteiger partial charge in [-0.3, -0.25) is 19.6 Å². The lowest BCUT2D eigenvalue weighted by atomic mass is 10.2. The van der Waals surface area contributed by atoms with E-state index >= 15 is 0 Å². The summed E-state index contributed by atoms with van der Waals surface area (Å²) in [5.41, 5.74) is 0.563. The summed E-state index contributed by atoms with van der Waals surface area (Å²) in [7, 11) is 0. The lowest BCUT2D eigenvalue weighted by Gasteiger charge is -2.02. The van der Waals surface area contributed by atoms with Crippen molar-refractivity contribution in [3.8, 4) is 0 Å². The Labute approximate surface area is 147 Å². The van der Waals surface area contributed by atoms with E-state index in [1.54, 1.807) is 18.2 Å². The molecule has 0 aliphatic rings. The number of aromatic nitrogens is 5. The van der Waals surface area contributed by atoms with Crippen molar-refractivity contribution in [3.05, 3.63) is 59.9 Å². The molecular weight excluding hydrogens is 343 g/mol. The lowest BCUT2D eigenvalue weighted by molar-refractivity contribution is -0.137. The summed E-state index contributed by atoms with van der Waals surface area (Å²) < 4.78 is 16.4. The second-order valence-corrected chi connectivity index (χ2v) is 5.42. The van der Waals surface area contributed by atoms with Crippen LogP contribution in [-0.2, 0) is 17.9 Å². The molecule has 0 aliphatic carbocycles. The molecule has 0 spiro atoms. The number of benzene rings is 1. The quantitative estimate of drug-likeness (QED) is 0.659. The molecule has 2 aromatic heterocycles. The average molecular weight is 358 g/mol. The highest BCUT2D eigenvalue weighted by molar-refractivity contribution is 6.01. The molecule has 0 saturated carbocycles. The van der Waals surface area contributed by atoms with Gasteiger partial charge in [0.25, 0.3) is 5.91 Å². The summed E-state index contributed by atoms with van der Waals surface area (Å²) in [5.74, 6) is -1.76. The molecular formula is C16H15FN6O3. The van der Waals surface area contributed by atoms with Crippen molar-refractivity contribution < 1.29 is 19.1 Å². The predicted molar refractivity (Wildman–Crippen MR) is 88.0 cm³/mol. The van der Waals surface area contributed by atoms with Crippen LogP contribution in [0.3, 0.4) is 0 Å². The molecule has 0 fully saturated rings. The van der Waals surface area contributed by atoms with Crippen LogP contribution in [0.4, 0.5) is 10.3 Å². The Balaban J connectivity index is 1.61. The maximum Gasteiger partial charge on any atom is 0.305 e. The molecule has 26 heavy (non-hydrogen) atoms. The first-order valence-corrected chi connectivity index (χ1v) is 7.71. The minimum Gasteiger partial charge on any atom is -0.481 e. The Kier molecular flexibility index (Phi) is 5.02. The van der Waals surface area contributed by atoms with E-state index in [1.165, 1.54) is 34.0 Å². The standard InChI is InChI=1S/C16H15FN6O3/c17-12-4-2-1-3-11(12)9-23-10-18-16(21-23)19-15(26)13-5-7-22(20-13)8-6-14(24)25/h1-5,7,10H,6,8-9H2,(H,24,25)(H,19,21,26). The molecule has 0 aliphatic heterocycles. The molecule has 2 N–H and O–H groups in total. The highest BCUT2D eigenvalue weighted by atomic mass is 19.1. The SMILES string of the molecule is O=C(O)CCn1ccc(C(=O)Nc2ncn(Cc3ccccc3F)n2)n1. The number of hydrogen-bond donors (Lipinski definition) is 2. The minimum absolute atomic E-state index is 0.0615. The van der Waals surface area contributed by atoms with E-state index in [2.05, 4.69) is 20.5 Å². The highest BCUT2D eigenvalue weighted by Gasteiger charge is 2.13. The third kappa shape index (κ3) is 4.29. The predicted octanol–water partition coefficient (Wildman–Crippen LogP) is 1.39. The fraction of sp³-hybridized carbons (Fsp3) is 0.188. The zero-order valence-corrected chi connectivity index (χ0v) is 13.5. The number of nitrogens with one attached hydrogen (secondary N) is 1. The van der Waals surface area contributed by atoms with E-state index in [9.17, 15) is 14.0 Å². The maximum atomic E-state index is 13.6. The molecule has 0 atom stereocenters. The van der Waals surface area contributed by atoms with Gasteiger partial charge in [0.2, 0.25) is 5.95 Å². The van der Waals surface area contributed by atoms with Gasteiger partial charge in [-0.2, -0.15) is 5.10 Å². The van der Waals surface area contributed by atoms with Gasteiger partial charge in [-0.15, -0.1) is 5.10 Å². The second-order valence-electron chi connectivity index (χ2n) is 5.42. The molecule has 9 nitrogen and oxygen atoms in total. The van der Waals surface area contributed by atoms with E-state index < -0.39 is 11.9 Å². The summed E-state index contributed by atoms with van der Waals surface area (Å²) in [6, 6.07) is 7.78. The van der Waals surface area contributed by atoms with Gasteiger partial charge >= 0.3 is 5.97 Å². The summed E-state index contributed by atoms with van der Waals surface area (Å²) in [5, 5.41) is 19.2. The zero-order valence-electron chi connectivity index (χ0n) is 13.5. The fourth-order valence-electron chi connectivity index (χ4n) is 2.21. The number of nitrogens with zero attached hydrogens (tertiary/aromatic N) is 5. The van der Waals surface area contributed by atoms with Crippen LogP contribution in [0.1, 0.15) is 22.5 Å². The molecule has 0 unspecified atom stereocenters. The van der Waals surface area contributed by atoms with Crippen molar-refractivity contribution >= 4 is 17.8 Å². The number of amides is 1. The van der Waals surface area contributed by atoms with E-state index in [0.29, 0.717) is 5.56 Å². The number of aryl methyl sites for hydroxylation is 1. The van der Waals surface area contributed by atoms with Crippen LogP contribution in [0.5, 0.6) is 0 Å². The van der Waals surface area contributed by atoms with Crippen LogP contribution in [0.2, 0.25) is 0 Å². The zero-order chi connectivity index (χ0) is 18.5. The van der Waals surface area contributed by atoms with Crippen molar-refractivity contribution in [2.24, 2.45) is 0 Å². The smallest absolute Gasteiger partial charge is 0.305 e. The second kappa shape index (κ2) is 7.55. The first-order chi connectivity index (χ1) is 12.5. The maximum absolute atomic E-state index is 13.6. The molecule has 10 heteroatoms. The number of aliphatic carboxylic acids is 1. The van der Waals surface area contributed by atoms with E-state index in [-0.39, 0.29) is 37.0 Å². The van der Waals surface area contributed by atoms with Gasteiger partial charge < -0.3 is 5.11 Å². The van der Waals surface area contributed by atoms with Crippen molar-refractivity contribution in [2.45, 2.75) is 19.5 Å². The fourth-order valence-corrected chi connectivity index (χ4v) is 2.21. The molecule has 0 saturated heterocycles. The summed E-state index contributed by atoms with van der Waals surface area (Å²) in [6.45, 7) is 0.345. The first-order valence-electron chi connectivity index (χ1n) is 7.71. The number of rotatable bonds is 7. The highest BCUT2D eigenvalue weighted by Crippen LogP contribution is 2.09. The van der Waals surface area contributed by atoms with E-state index in [4.69, 9.17) is 5.11 Å². The lowest BCUT2D eigenvalue weighted by Crippen LogP contribution is -2.15. The summed E-state index contributed by atoms with van der Waals surface area (Å²) in [6.07, 6.45) is 2.81. The van der Waals surface area contributed by atoms with Gasteiger partial charge in [0, 0.05) is 11.8 Å². The normalized spacial score (nSPS) is 10.7. The van der Waals surface area contributed by atoms with Crippen LogP contribution in [-0.4, -0.2) is 41.5 Å². The number of carboxylic acids is 1. The number of halogens is 1. The Morgan fingerprint density at radius 3 is 2.73 bits per heavy atom. The molecule has 2 heterocycles. The van der Waals surface area contributed by atoms with Gasteiger partial charge in [0.05, 0.1) is 19.5 Å². The average Bonchev–Trinajstić information content (AvgIpc) is 3.24. The molecule has 1 aromatic carbocycles. The molecule has 0 radical (unpaired) electrons. The van der Waals surface area contributed by atoms with E-state index in [0.717, 1.165) is 0 Å². The van der Waals surface area contributed by atoms with Crippen LogP contribution in [0.25, 0.3) is 0 Å². The monoisotopic (exact) mass is 358 g/mol. The van der Waals surface area contributed by atoms with Crippen molar-refractivity contribution in [1.82, 2.24) is 24.5 Å². The van der Waals surface area contributed by atoms with E-state index in [1.807, 2.05) is 0 Å². The van der Waals surface area contributed by atoms with Crippen LogP contribution < -0.4 is 5.32 Å². The van der Waals surface area contributed by atoms with Crippen LogP contribution in [0, 0.1) is 5.82 Å². The number of hydrogen-bond acceptors (Lipinski definition) is 5. The molecule has 3 rings (SSSR count). The third-order valence-electron chi connectivity index (χ3n) is 3.48. The van der Waals surface area contributed by atoms with Gasteiger partial charge in [0.15, 0.2) is 5.69 Å². The van der Waals surface area contributed by atoms with Crippen molar-refractivity contribution in [3.63, 3.8) is 0 Å². The topological polar surface area (TPSA) is 115 Å². The van der Waals surface area contributed by atoms with Gasteiger partial charge in [0.1, 0.15) is 12.1 Å². The minimum atomic E-state index is -0.948. The first kappa shape index (κ1) is 17.3. The summed E-state index contributed by atoms with van der Waals surface area (Å²) >= 11 is 0. The number of carbonyl (C=O) groups is 2. The van der Waals surface area contributed by atoms with Crippen LogP contribution in [0.15, 0.2) is 42.9 Å². The Morgan fingerprint density at radius 2 is 1.96 bits per heavy atom. The molecule has 3 aromatic rings. The molecule has 0 bridgehead atoms. The van der Waals surface area contributed by atoms with Crippen LogP contribution >= 0.6 is 0 Å². The molecule has 1 amide bonds. The number of carboxylic acid groups (broad SMARTS) is 1. The third-order valence-corrected chi connectivity index (χ3v) is 3.48. The van der Waals surface area contributed by atoms with Crippen molar-refractivity contribution in [2.75, 3.05) is 5.32 Å². The largest absolute Gasteiger partial charge is 0.481 e. The molecule has 134 valence electrons. The van der Waals surface area contributed by atoms with Gasteiger partial charge in [-0.25, -0.2) is 14.1 Å². The van der Waals surface area contributed by atoms with Gasteiger partial charge in [-0.05, 0) is 12.1 Å². The summed E-state index contributed by atoms with van der Waals surface area (Å²) in [4.78, 5) is 26.6. The Morgan fingerprint density at radius 1 is 1.15 bits per heavy atom. The van der Waals surface area contributed by atoms with Gasteiger partial charge in [-0.1, -0.05) is 18.2 Å². The Hall–Kier alpha value is -3.56. The number of anilines is 1.